The van der Waals surface area contributed by atoms with Gasteiger partial charge in [-0.25, -0.2) is 0 Å². The molecule has 2 atom stereocenters. The molecule has 1 aliphatic rings. The van der Waals surface area contributed by atoms with Crippen LogP contribution in [-0.4, -0.2) is 33.8 Å². The van der Waals surface area contributed by atoms with E-state index in [1.165, 1.54) is 18.4 Å². The van der Waals surface area contributed by atoms with Gasteiger partial charge in [0, 0.05) is 12.6 Å². The average molecular weight is 263 g/mol. The second kappa shape index (κ2) is 7.04. The summed E-state index contributed by atoms with van der Waals surface area (Å²) in [4.78, 5) is 2.41. The van der Waals surface area contributed by atoms with E-state index in [2.05, 4.69) is 17.0 Å². The van der Waals surface area contributed by atoms with Gasteiger partial charge >= 0.3 is 0 Å². The molecule has 0 amide bonds. The molecule has 0 aliphatic carbocycles. The Morgan fingerprint density at radius 1 is 1.21 bits per heavy atom. The zero-order valence-corrected chi connectivity index (χ0v) is 11.8. The summed E-state index contributed by atoms with van der Waals surface area (Å²) in [6.45, 7) is 4.12. The van der Waals surface area contributed by atoms with Crippen molar-refractivity contribution < 1.29 is 10.2 Å². The summed E-state index contributed by atoms with van der Waals surface area (Å²) in [6.07, 6.45) is 4.16. The van der Waals surface area contributed by atoms with E-state index in [-0.39, 0.29) is 12.7 Å². The molecule has 0 spiro atoms. The van der Waals surface area contributed by atoms with Crippen molar-refractivity contribution in [2.75, 3.05) is 6.54 Å². The van der Waals surface area contributed by atoms with Crippen LogP contribution in [-0.2, 0) is 13.2 Å². The lowest BCUT2D eigenvalue weighted by Gasteiger charge is -2.38. The molecule has 2 N–H and O–H groups in total. The van der Waals surface area contributed by atoms with E-state index in [1.54, 1.807) is 0 Å². The van der Waals surface area contributed by atoms with Crippen molar-refractivity contribution >= 4 is 0 Å². The van der Waals surface area contributed by atoms with E-state index in [9.17, 15) is 5.11 Å². The maximum Gasteiger partial charge on any atom is 0.0692 e. The maximum atomic E-state index is 10.1. The Balaban J connectivity index is 2.01. The lowest BCUT2D eigenvalue weighted by Crippen LogP contribution is -2.46. The van der Waals surface area contributed by atoms with Crippen LogP contribution >= 0.6 is 0 Å². The molecule has 19 heavy (non-hydrogen) atoms. The molecule has 2 unspecified atom stereocenters. The summed E-state index contributed by atoms with van der Waals surface area (Å²) >= 11 is 0. The Hall–Kier alpha value is -0.900. The molecular weight excluding hydrogens is 238 g/mol. The lowest BCUT2D eigenvalue weighted by molar-refractivity contribution is 0.0195. The number of rotatable bonds is 5. The van der Waals surface area contributed by atoms with Gasteiger partial charge in [-0.15, -0.1) is 0 Å². The van der Waals surface area contributed by atoms with Crippen molar-refractivity contribution in [3.05, 3.63) is 35.4 Å². The largest absolute Gasteiger partial charge is 0.392 e. The smallest absolute Gasteiger partial charge is 0.0692 e. The molecule has 3 heteroatoms. The predicted octanol–water partition coefficient (Wildman–Crippen LogP) is 2.30. The summed E-state index contributed by atoms with van der Waals surface area (Å²) in [5.41, 5.74) is 2.21. The van der Waals surface area contributed by atoms with Crippen LogP contribution in [0.5, 0.6) is 0 Å². The van der Waals surface area contributed by atoms with Gasteiger partial charge in [0.25, 0.3) is 0 Å². The molecule has 1 aromatic carbocycles. The Morgan fingerprint density at radius 3 is 2.53 bits per heavy atom. The molecule has 0 aromatic heterocycles. The zero-order valence-electron chi connectivity index (χ0n) is 11.8. The van der Waals surface area contributed by atoms with Gasteiger partial charge in [-0.05, 0) is 36.9 Å². The first-order valence-electron chi connectivity index (χ1n) is 7.35. The van der Waals surface area contributed by atoms with Gasteiger partial charge in [-0.1, -0.05) is 37.6 Å². The minimum Gasteiger partial charge on any atom is -0.392 e. The average Bonchev–Trinajstić information content (AvgIpc) is 2.48. The van der Waals surface area contributed by atoms with Crippen LogP contribution in [0.1, 0.15) is 43.7 Å². The molecule has 0 bridgehead atoms. The summed E-state index contributed by atoms with van der Waals surface area (Å²) in [7, 11) is 0. The minimum absolute atomic E-state index is 0.0984. The number of nitrogens with zero attached hydrogens (tertiary/aromatic N) is 1. The first-order valence-corrected chi connectivity index (χ1v) is 7.35. The monoisotopic (exact) mass is 263 g/mol. The van der Waals surface area contributed by atoms with Crippen molar-refractivity contribution in [3.63, 3.8) is 0 Å². The molecule has 1 heterocycles. The van der Waals surface area contributed by atoms with Crippen LogP contribution in [0, 0.1) is 0 Å². The first kappa shape index (κ1) is 14.5. The first-order chi connectivity index (χ1) is 9.24. The van der Waals surface area contributed by atoms with E-state index in [0.29, 0.717) is 6.04 Å². The van der Waals surface area contributed by atoms with E-state index >= 15 is 0 Å². The Kier molecular flexibility index (Phi) is 5.37. The highest BCUT2D eigenvalue weighted by Gasteiger charge is 2.27. The summed E-state index contributed by atoms with van der Waals surface area (Å²) in [5.74, 6) is 0. The molecule has 0 saturated carbocycles. The van der Waals surface area contributed by atoms with Crippen molar-refractivity contribution in [1.82, 2.24) is 4.90 Å². The van der Waals surface area contributed by atoms with Crippen LogP contribution in [0.4, 0.5) is 0 Å². The van der Waals surface area contributed by atoms with E-state index in [0.717, 1.165) is 31.5 Å². The van der Waals surface area contributed by atoms with Crippen molar-refractivity contribution in [2.24, 2.45) is 0 Å². The minimum atomic E-state index is -0.211. The van der Waals surface area contributed by atoms with Crippen molar-refractivity contribution in [1.29, 1.82) is 0 Å². The Morgan fingerprint density at radius 2 is 1.89 bits per heavy atom. The van der Waals surface area contributed by atoms with Gasteiger partial charge in [0.1, 0.15) is 0 Å². The lowest BCUT2D eigenvalue weighted by atomic mass is 9.95. The fourth-order valence-corrected chi connectivity index (χ4v) is 2.91. The Bertz CT molecular complexity index is 377. The predicted molar refractivity (Wildman–Crippen MR) is 76.7 cm³/mol. The third-order valence-electron chi connectivity index (χ3n) is 4.12. The van der Waals surface area contributed by atoms with Crippen LogP contribution in [0.2, 0.25) is 0 Å². The molecule has 1 saturated heterocycles. The van der Waals surface area contributed by atoms with Crippen LogP contribution < -0.4 is 0 Å². The number of aliphatic hydroxyl groups excluding tert-OH is 2. The fraction of sp³-hybridized carbons (Fsp3) is 0.625. The van der Waals surface area contributed by atoms with Crippen molar-refractivity contribution in [3.8, 4) is 0 Å². The summed E-state index contributed by atoms with van der Waals surface area (Å²) < 4.78 is 0. The topological polar surface area (TPSA) is 43.7 Å². The van der Waals surface area contributed by atoms with Crippen LogP contribution in [0.25, 0.3) is 0 Å². The highest BCUT2D eigenvalue weighted by Crippen LogP contribution is 2.23. The highest BCUT2D eigenvalue weighted by molar-refractivity contribution is 5.22. The van der Waals surface area contributed by atoms with Gasteiger partial charge in [-0.3, -0.25) is 4.90 Å². The standard InChI is InChI=1S/C16H25NO2/c1-2-16(19)15-5-3-4-10-17(15)11-13-6-8-14(12-18)9-7-13/h6-9,15-16,18-19H,2-5,10-12H2,1H3. The molecule has 1 aliphatic heterocycles. The van der Waals surface area contributed by atoms with E-state index < -0.39 is 0 Å². The molecule has 1 aromatic rings. The SMILES string of the molecule is CCC(O)C1CCCCN1Cc1ccc(CO)cc1. The quantitative estimate of drug-likeness (QED) is 0.856. The molecule has 0 radical (unpaired) electrons. The number of piperidine rings is 1. The molecule has 2 rings (SSSR count). The zero-order chi connectivity index (χ0) is 13.7. The second-order valence-electron chi connectivity index (χ2n) is 5.48. The van der Waals surface area contributed by atoms with Gasteiger partial charge in [-0.2, -0.15) is 0 Å². The third kappa shape index (κ3) is 3.78. The van der Waals surface area contributed by atoms with Crippen LogP contribution in [0.15, 0.2) is 24.3 Å². The number of hydrogen-bond acceptors (Lipinski definition) is 3. The van der Waals surface area contributed by atoms with Gasteiger partial charge in [0.05, 0.1) is 12.7 Å². The maximum absolute atomic E-state index is 10.1. The summed E-state index contributed by atoms with van der Waals surface area (Å²) in [6, 6.07) is 8.41. The molecule has 106 valence electrons. The van der Waals surface area contributed by atoms with Crippen LogP contribution in [0.3, 0.4) is 0 Å². The van der Waals surface area contributed by atoms with Crippen molar-refractivity contribution in [2.45, 2.75) is 57.9 Å². The third-order valence-corrected chi connectivity index (χ3v) is 4.12. The molecule has 3 nitrogen and oxygen atoms in total. The Labute approximate surface area is 115 Å². The number of aliphatic hydroxyl groups is 2. The number of hydrogen-bond donors (Lipinski definition) is 2. The normalized spacial score (nSPS) is 22.4. The summed E-state index contributed by atoms with van der Waals surface area (Å²) in [5, 5.41) is 19.2. The second-order valence-corrected chi connectivity index (χ2v) is 5.48. The van der Waals surface area contributed by atoms with Gasteiger partial charge < -0.3 is 10.2 Å². The number of likely N-dealkylation sites (tertiary alicyclic amines) is 1. The molecular formula is C16H25NO2. The number of benzene rings is 1. The fourth-order valence-electron chi connectivity index (χ4n) is 2.91. The highest BCUT2D eigenvalue weighted by atomic mass is 16.3. The van der Waals surface area contributed by atoms with Gasteiger partial charge in [0.15, 0.2) is 0 Å². The molecule has 1 fully saturated rings. The van der Waals surface area contributed by atoms with Gasteiger partial charge in [0.2, 0.25) is 0 Å². The van der Waals surface area contributed by atoms with E-state index in [4.69, 9.17) is 5.11 Å². The van der Waals surface area contributed by atoms with E-state index in [1.807, 2.05) is 19.1 Å².